The SMILES string of the molecule is CC(NC(C)c1cccc2ccccc12)c1ccccc1CC=O. The molecule has 1 N–H and O–H groups in total. The lowest BCUT2D eigenvalue weighted by atomic mass is 9.96. The molecular weight excluding hydrogens is 294 g/mol. The van der Waals surface area contributed by atoms with Gasteiger partial charge in [-0.3, -0.25) is 0 Å². The predicted molar refractivity (Wildman–Crippen MR) is 100 cm³/mol. The Morgan fingerprint density at radius 3 is 2.29 bits per heavy atom. The van der Waals surface area contributed by atoms with Crippen molar-refractivity contribution in [1.82, 2.24) is 5.32 Å². The van der Waals surface area contributed by atoms with Crippen LogP contribution < -0.4 is 5.32 Å². The Hall–Kier alpha value is -2.45. The Balaban J connectivity index is 1.86. The molecule has 0 bridgehead atoms. The minimum Gasteiger partial charge on any atom is -0.304 e. The molecule has 3 aromatic carbocycles. The molecule has 0 heterocycles. The summed E-state index contributed by atoms with van der Waals surface area (Å²) in [5, 5.41) is 6.23. The summed E-state index contributed by atoms with van der Waals surface area (Å²) >= 11 is 0. The van der Waals surface area contributed by atoms with Crippen LogP contribution in [0, 0.1) is 0 Å². The molecule has 0 aliphatic rings. The summed E-state index contributed by atoms with van der Waals surface area (Å²) in [6.07, 6.45) is 1.44. The summed E-state index contributed by atoms with van der Waals surface area (Å²) in [6, 6.07) is 23.5. The van der Waals surface area contributed by atoms with Crippen LogP contribution in [0.3, 0.4) is 0 Å². The maximum absolute atomic E-state index is 10.9. The third-order valence-electron chi connectivity index (χ3n) is 4.61. The molecule has 2 heteroatoms. The van der Waals surface area contributed by atoms with E-state index >= 15 is 0 Å². The first-order chi connectivity index (χ1) is 11.7. The number of fused-ring (bicyclic) bond motifs is 1. The zero-order valence-electron chi connectivity index (χ0n) is 14.2. The van der Waals surface area contributed by atoms with Crippen molar-refractivity contribution in [2.45, 2.75) is 32.4 Å². The number of hydrogen-bond donors (Lipinski definition) is 1. The molecule has 0 saturated carbocycles. The number of carbonyl (C=O) groups excluding carboxylic acids is 1. The maximum Gasteiger partial charge on any atom is 0.124 e. The van der Waals surface area contributed by atoms with Crippen LogP contribution in [-0.4, -0.2) is 6.29 Å². The zero-order valence-corrected chi connectivity index (χ0v) is 14.2. The molecule has 2 nitrogen and oxygen atoms in total. The van der Waals surface area contributed by atoms with Gasteiger partial charge in [0.05, 0.1) is 0 Å². The molecule has 0 aliphatic carbocycles. The van der Waals surface area contributed by atoms with Gasteiger partial charge in [0.15, 0.2) is 0 Å². The fraction of sp³-hybridized carbons (Fsp3) is 0.227. The molecule has 0 saturated heterocycles. The van der Waals surface area contributed by atoms with Crippen molar-refractivity contribution in [3.8, 4) is 0 Å². The van der Waals surface area contributed by atoms with E-state index < -0.39 is 0 Å². The van der Waals surface area contributed by atoms with Crippen LogP contribution in [-0.2, 0) is 11.2 Å². The number of nitrogens with one attached hydrogen (secondary N) is 1. The summed E-state index contributed by atoms with van der Waals surface area (Å²) in [5.41, 5.74) is 3.59. The van der Waals surface area contributed by atoms with E-state index in [0.717, 1.165) is 11.8 Å². The highest BCUT2D eigenvalue weighted by Crippen LogP contribution is 2.27. The Morgan fingerprint density at radius 1 is 0.833 bits per heavy atom. The first-order valence-electron chi connectivity index (χ1n) is 8.46. The number of aldehydes is 1. The molecule has 2 atom stereocenters. The Morgan fingerprint density at radius 2 is 1.46 bits per heavy atom. The van der Waals surface area contributed by atoms with Gasteiger partial charge < -0.3 is 10.1 Å². The van der Waals surface area contributed by atoms with Crippen LogP contribution in [0.4, 0.5) is 0 Å². The van der Waals surface area contributed by atoms with Gasteiger partial charge in [-0.1, -0.05) is 66.7 Å². The third kappa shape index (κ3) is 3.39. The van der Waals surface area contributed by atoms with Gasteiger partial charge in [0.2, 0.25) is 0 Å². The van der Waals surface area contributed by atoms with Crippen molar-refractivity contribution in [3.63, 3.8) is 0 Å². The standard InChI is InChI=1S/C22H23NO/c1-16(20-11-5-3-9-19(20)14-15-24)23-17(2)21-13-7-10-18-8-4-6-12-22(18)21/h3-13,15-17,23H,14H2,1-2H3. The van der Waals surface area contributed by atoms with Gasteiger partial charge in [-0.25, -0.2) is 0 Å². The van der Waals surface area contributed by atoms with Crippen molar-refractivity contribution in [3.05, 3.63) is 83.4 Å². The van der Waals surface area contributed by atoms with Crippen molar-refractivity contribution in [2.75, 3.05) is 0 Å². The first kappa shape index (κ1) is 16.4. The van der Waals surface area contributed by atoms with E-state index in [1.807, 2.05) is 18.2 Å². The molecule has 2 unspecified atom stereocenters. The monoisotopic (exact) mass is 317 g/mol. The molecule has 0 radical (unpaired) electrons. The average Bonchev–Trinajstić information content (AvgIpc) is 2.62. The van der Waals surface area contributed by atoms with Gasteiger partial charge in [0.25, 0.3) is 0 Å². The fourth-order valence-electron chi connectivity index (χ4n) is 3.41. The average molecular weight is 317 g/mol. The summed E-state index contributed by atoms with van der Waals surface area (Å²) < 4.78 is 0. The van der Waals surface area contributed by atoms with Crippen LogP contribution in [0.2, 0.25) is 0 Å². The van der Waals surface area contributed by atoms with Gasteiger partial charge in [-0.05, 0) is 41.3 Å². The molecule has 24 heavy (non-hydrogen) atoms. The van der Waals surface area contributed by atoms with E-state index in [4.69, 9.17) is 0 Å². The predicted octanol–water partition coefficient (Wildman–Crippen LogP) is 4.99. The molecular formula is C22H23NO. The Labute approximate surface area is 143 Å². The van der Waals surface area contributed by atoms with Crippen LogP contribution in [0.25, 0.3) is 10.8 Å². The number of hydrogen-bond acceptors (Lipinski definition) is 2. The van der Waals surface area contributed by atoms with E-state index in [1.54, 1.807) is 0 Å². The quantitative estimate of drug-likeness (QED) is 0.649. The van der Waals surface area contributed by atoms with E-state index in [2.05, 4.69) is 67.7 Å². The minimum absolute atomic E-state index is 0.176. The lowest BCUT2D eigenvalue weighted by Crippen LogP contribution is -2.23. The second kappa shape index (κ2) is 7.41. The molecule has 122 valence electrons. The van der Waals surface area contributed by atoms with Crippen LogP contribution in [0.15, 0.2) is 66.7 Å². The van der Waals surface area contributed by atoms with Gasteiger partial charge in [0, 0.05) is 18.5 Å². The summed E-state index contributed by atoms with van der Waals surface area (Å²) in [4.78, 5) is 10.9. The second-order valence-electron chi connectivity index (χ2n) is 6.25. The summed E-state index contributed by atoms with van der Waals surface area (Å²) in [5.74, 6) is 0. The second-order valence-corrected chi connectivity index (χ2v) is 6.25. The Kier molecular flexibility index (Phi) is 5.07. The number of carbonyl (C=O) groups is 1. The van der Waals surface area contributed by atoms with Gasteiger partial charge in [-0.15, -0.1) is 0 Å². The lowest BCUT2D eigenvalue weighted by Gasteiger charge is -2.23. The van der Waals surface area contributed by atoms with Crippen LogP contribution in [0.5, 0.6) is 0 Å². The highest BCUT2D eigenvalue weighted by atomic mass is 16.1. The van der Waals surface area contributed by atoms with Crippen molar-refractivity contribution in [2.24, 2.45) is 0 Å². The van der Waals surface area contributed by atoms with Gasteiger partial charge >= 0.3 is 0 Å². The Bertz CT molecular complexity index is 835. The maximum atomic E-state index is 10.9. The minimum atomic E-state index is 0.176. The first-order valence-corrected chi connectivity index (χ1v) is 8.46. The fourth-order valence-corrected chi connectivity index (χ4v) is 3.41. The topological polar surface area (TPSA) is 29.1 Å². The number of rotatable bonds is 6. The van der Waals surface area contributed by atoms with Gasteiger partial charge in [0.1, 0.15) is 6.29 Å². The van der Waals surface area contributed by atoms with E-state index in [9.17, 15) is 4.79 Å². The highest BCUT2D eigenvalue weighted by Gasteiger charge is 2.15. The number of benzene rings is 3. The van der Waals surface area contributed by atoms with Crippen molar-refractivity contribution in [1.29, 1.82) is 0 Å². The van der Waals surface area contributed by atoms with E-state index in [-0.39, 0.29) is 12.1 Å². The van der Waals surface area contributed by atoms with Crippen molar-refractivity contribution < 1.29 is 4.79 Å². The molecule has 0 spiro atoms. The van der Waals surface area contributed by atoms with Gasteiger partial charge in [-0.2, -0.15) is 0 Å². The smallest absolute Gasteiger partial charge is 0.124 e. The van der Waals surface area contributed by atoms with Crippen LogP contribution >= 0.6 is 0 Å². The van der Waals surface area contributed by atoms with Crippen molar-refractivity contribution >= 4 is 17.1 Å². The molecule has 0 aromatic heterocycles. The normalized spacial score (nSPS) is 13.6. The zero-order chi connectivity index (χ0) is 16.9. The molecule has 0 amide bonds. The third-order valence-corrected chi connectivity index (χ3v) is 4.61. The van der Waals surface area contributed by atoms with Crippen LogP contribution in [0.1, 0.15) is 42.6 Å². The van der Waals surface area contributed by atoms with E-state index in [0.29, 0.717) is 6.42 Å². The summed E-state index contributed by atoms with van der Waals surface area (Å²) in [6.45, 7) is 4.35. The summed E-state index contributed by atoms with van der Waals surface area (Å²) in [7, 11) is 0. The van der Waals surface area contributed by atoms with E-state index in [1.165, 1.54) is 21.9 Å². The lowest BCUT2D eigenvalue weighted by molar-refractivity contribution is -0.107. The molecule has 3 aromatic rings. The molecule has 3 rings (SSSR count). The molecule has 0 fully saturated rings. The largest absolute Gasteiger partial charge is 0.304 e. The highest BCUT2D eigenvalue weighted by molar-refractivity contribution is 5.86. The molecule has 0 aliphatic heterocycles.